The van der Waals surface area contributed by atoms with Crippen LogP contribution in [-0.4, -0.2) is 36.1 Å². The van der Waals surface area contributed by atoms with Gasteiger partial charge in [0.15, 0.2) is 0 Å². The van der Waals surface area contributed by atoms with Gasteiger partial charge in [-0.25, -0.2) is 4.39 Å². The Bertz CT molecular complexity index is 533. The largest absolute Gasteiger partial charge is 0.348 e. The summed E-state index contributed by atoms with van der Waals surface area (Å²) < 4.78 is 19.1. The highest BCUT2D eigenvalue weighted by Crippen LogP contribution is 2.17. The monoisotopic (exact) mass is 280 g/mol. The van der Waals surface area contributed by atoms with Crippen LogP contribution in [0.15, 0.2) is 18.2 Å². The number of amides is 2. The maximum Gasteiger partial charge on any atom is 0.253 e. The molecule has 1 aliphatic rings. The zero-order valence-corrected chi connectivity index (χ0v) is 11.5. The van der Waals surface area contributed by atoms with Crippen LogP contribution in [0.2, 0.25) is 0 Å². The molecule has 0 aromatic heterocycles. The number of nitrogens with zero attached hydrogens (tertiary/aromatic N) is 1. The summed E-state index contributed by atoms with van der Waals surface area (Å²) in [6, 6.07) is 4.54. The smallest absolute Gasteiger partial charge is 0.253 e. The molecule has 5 nitrogen and oxygen atoms in total. The molecule has 0 saturated carbocycles. The lowest BCUT2D eigenvalue weighted by molar-refractivity contribution is -0.129. The minimum atomic E-state index is -0.415. The molecule has 1 aromatic carbocycles. The van der Waals surface area contributed by atoms with Crippen molar-refractivity contribution in [2.24, 2.45) is 0 Å². The van der Waals surface area contributed by atoms with E-state index in [9.17, 15) is 14.0 Å². The van der Waals surface area contributed by atoms with Crippen LogP contribution in [0.1, 0.15) is 19.4 Å². The van der Waals surface area contributed by atoms with Crippen molar-refractivity contribution in [1.29, 1.82) is 0 Å². The van der Waals surface area contributed by atoms with Crippen molar-refractivity contribution < 1.29 is 18.7 Å². The molecule has 6 heteroatoms. The van der Waals surface area contributed by atoms with Crippen LogP contribution in [0.3, 0.4) is 0 Å². The predicted molar refractivity (Wildman–Crippen MR) is 71.5 cm³/mol. The van der Waals surface area contributed by atoms with E-state index in [0.29, 0.717) is 24.2 Å². The Balaban J connectivity index is 1.96. The average Bonchev–Trinajstić information content (AvgIpc) is 2.68. The first-order valence-electron chi connectivity index (χ1n) is 6.44. The summed E-state index contributed by atoms with van der Waals surface area (Å²) >= 11 is 0. The van der Waals surface area contributed by atoms with Crippen molar-refractivity contribution in [3.63, 3.8) is 0 Å². The highest BCUT2D eigenvalue weighted by atomic mass is 19.1. The van der Waals surface area contributed by atoms with E-state index in [1.54, 1.807) is 24.0 Å². The Hall–Kier alpha value is -1.95. The van der Waals surface area contributed by atoms with Gasteiger partial charge in [0.2, 0.25) is 5.91 Å². The number of nitrogens with one attached hydrogen (secondary N) is 1. The van der Waals surface area contributed by atoms with Crippen molar-refractivity contribution in [3.8, 4) is 0 Å². The fourth-order valence-electron chi connectivity index (χ4n) is 2.06. The molecule has 108 valence electrons. The van der Waals surface area contributed by atoms with Gasteiger partial charge in [-0.1, -0.05) is 6.07 Å². The van der Waals surface area contributed by atoms with Crippen LogP contribution >= 0.6 is 0 Å². The van der Waals surface area contributed by atoms with Crippen molar-refractivity contribution in [1.82, 2.24) is 4.90 Å². The Labute approximate surface area is 116 Å². The molecule has 1 atom stereocenters. The second kappa shape index (κ2) is 6.00. The highest BCUT2D eigenvalue weighted by molar-refractivity contribution is 5.88. The Kier molecular flexibility index (Phi) is 4.34. The number of anilines is 1. The number of carbonyl (C=O) groups excluding carboxylic acids is 2. The summed E-state index contributed by atoms with van der Waals surface area (Å²) in [4.78, 5) is 24.1. The van der Waals surface area contributed by atoms with E-state index in [4.69, 9.17) is 4.74 Å². The lowest BCUT2D eigenvalue weighted by Crippen LogP contribution is -2.30. The molecular formula is C14H17FN2O3. The lowest BCUT2D eigenvalue weighted by Gasteiger charge is -2.14. The predicted octanol–water partition coefficient (Wildman–Crippen LogP) is 1.53. The summed E-state index contributed by atoms with van der Waals surface area (Å²) in [5.74, 6) is -0.705. The number of benzene rings is 1. The van der Waals surface area contributed by atoms with Gasteiger partial charge in [0.25, 0.3) is 5.91 Å². The Morgan fingerprint density at radius 2 is 2.30 bits per heavy atom. The number of carbonyl (C=O) groups is 2. The van der Waals surface area contributed by atoms with Crippen molar-refractivity contribution >= 4 is 17.5 Å². The van der Waals surface area contributed by atoms with Crippen LogP contribution in [-0.2, 0) is 20.7 Å². The van der Waals surface area contributed by atoms with Crippen molar-refractivity contribution in [2.75, 3.05) is 18.6 Å². The first-order chi connectivity index (χ1) is 9.47. The van der Waals surface area contributed by atoms with Crippen LogP contribution < -0.4 is 5.32 Å². The molecule has 1 aromatic rings. The van der Waals surface area contributed by atoms with E-state index >= 15 is 0 Å². The molecule has 0 spiro atoms. The van der Waals surface area contributed by atoms with Crippen molar-refractivity contribution in [3.05, 3.63) is 29.6 Å². The second-order valence-electron chi connectivity index (χ2n) is 4.78. The Morgan fingerprint density at radius 1 is 1.55 bits per heavy atom. The normalized spacial score (nSPS) is 18.4. The molecule has 1 heterocycles. The number of halogens is 1. The molecule has 20 heavy (non-hydrogen) atoms. The molecule has 1 aliphatic heterocycles. The first kappa shape index (κ1) is 14.5. The van der Waals surface area contributed by atoms with Gasteiger partial charge in [-0.3, -0.25) is 9.59 Å². The maximum absolute atomic E-state index is 13.9. The molecule has 0 bridgehead atoms. The number of rotatable bonds is 4. The molecule has 1 N–H and O–H groups in total. The number of hydrogen-bond donors (Lipinski definition) is 1. The minimum Gasteiger partial charge on any atom is -0.348 e. The molecule has 2 amide bonds. The topological polar surface area (TPSA) is 58.6 Å². The summed E-state index contributed by atoms with van der Waals surface area (Å²) in [6.07, 6.45) is -0.00411. The molecule has 1 saturated heterocycles. The highest BCUT2D eigenvalue weighted by Gasteiger charge is 2.28. The van der Waals surface area contributed by atoms with Gasteiger partial charge in [0, 0.05) is 19.2 Å². The summed E-state index contributed by atoms with van der Waals surface area (Å²) in [6.45, 7) is 3.74. The molecule has 0 unspecified atom stereocenters. The third-order valence-electron chi connectivity index (χ3n) is 3.16. The fraction of sp³-hybridized carbons (Fsp3) is 0.429. The minimum absolute atomic E-state index is 0.0692. The Morgan fingerprint density at radius 3 is 2.85 bits per heavy atom. The summed E-state index contributed by atoms with van der Waals surface area (Å²) in [5.41, 5.74) is 0.930. The van der Waals surface area contributed by atoms with Gasteiger partial charge in [-0.15, -0.1) is 0 Å². The van der Waals surface area contributed by atoms with Gasteiger partial charge in [0.1, 0.15) is 18.7 Å². The average molecular weight is 280 g/mol. The zero-order valence-electron chi connectivity index (χ0n) is 11.5. The van der Waals surface area contributed by atoms with E-state index in [1.165, 1.54) is 13.0 Å². The van der Waals surface area contributed by atoms with Crippen LogP contribution in [0.4, 0.5) is 10.1 Å². The van der Waals surface area contributed by atoms with E-state index < -0.39 is 11.9 Å². The van der Waals surface area contributed by atoms with Gasteiger partial charge in [-0.05, 0) is 31.0 Å². The molecule has 0 aliphatic carbocycles. The number of ether oxygens (including phenoxy) is 1. The summed E-state index contributed by atoms with van der Waals surface area (Å²) in [7, 11) is 0. The third-order valence-corrected chi connectivity index (χ3v) is 3.16. The standard InChI is InChI=1S/C14H17FN2O3/c1-9-14(19)17(8-20-9)6-5-11-3-4-12(7-13(11)15)16-10(2)18/h3-4,7,9H,5-6,8H2,1-2H3,(H,16,18)/t9-/m0/s1. The lowest BCUT2D eigenvalue weighted by atomic mass is 10.1. The van der Waals surface area contributed by atoms with E-state index in [0.717, 1.165) is 0 Å². The van der Waals surface area contributed by atoms with Gasteiger partial charge < -0.3 is 15.0 Å². The van der Waals surface area contributed by atoms with Crippen LogP contribution in [0.25, 0.3) is 0 Å². The van der Waals surface area contributed by atoms with E-state index in [-0.39, 0.29) is 18.5 Å². The molecule has 0 radical (unpaired) electrons. The van der Waals surface area contributed by atoms with Crippen LogP contribution in [0, 0.1) is 5.82 Å². The quantitative estimate of drug-likeness (QED) is 0.910. The fourth-order valence-corrected chi connectivity index (χ4v) is 2.06. The van der Waals surface area contributed by atoms with Crippen molar-refractivity contribution in [2.45, 2.75) is 26.4 Å². The van der Waals surface area contributed by atoms with Gasteiger partial charge >= 0.3 is 0 Å². The number of hydrogen-bond acceptors (Lipinski definition) is 3. The maximum atomic E-state index is 13.9. The molecule has 1 fully saturated rings. The second-order valence-corrected chi connectivity index (χ2v) is 4.78. The third kappa shape index (κ3) is 3.33. The van der Waals surface area contributed by atoms with E-state index in [2.05, 4.69) is 5.32 Å². The zero-order chi connectivity index (χ0) is 14.7. The molecule has 2 rings (SSSR count). The van der Waals surface area contributed by atoms with Gasteiger partial charge in [0.05, 0.1) is 0 Å². The SMILES string of the molecule is CC(=O)Nc1ccc(CCN2CO[C@@H](C)C2=O)c(F)c1. The van der Waals surface area contributed by atoms with Crippen LogP contribution in [0.5, 0.6) is 0 Å². The van der Waals surface area contributed by atoms with Gasteiger partial charge in [-0.2, -0.15) is 0 Å². The van der Waals surface area contributed by atoms with E-state index in [1.807, 2.05) is 0 Å². The first-order valence-corrected chi connectivity index (χ1v) is 6.44. The summed E-state index contributed by atoms with van der Waals surface area (Å²) in [5, 5.41) is 2.52. The molecular weight excluding hydrogens is 263 g/mol.